The second kappa shape index (κ2) is 7.51. The number of nitro benzene ring substituents is 1. The van der Waals surface area contributed by atoms with Crippen LogP contribution in [0.1, 0.15) is 35.4 Å². The van der Waals surface area contributed by atoms with Gasteiger partial charge in [0.2, 0.25) is 6.23 Å². The Morgan fingerprint density at radius 1 is 1.10 bits per heavy atom. The predicted molar refractivity (Wildman–Crippen MR) is 115 cm³/mol. The highest BCUT2D eigenvalue weighted by Gasteiger charge is 2.41. The van der Waals surface area contributed by atoms with Crippen molar-refractivity contribution in [1.29, 1.82) is 0 Å². The van der Waals surface area contributed by atoms with Crippen molar-refractivity contribution in [2.75, 3.05) is 0 Å². The maximum atomic E-state index is 13.4. The quantitative estimate of drug-likeness (QED) is 0.342. The Hall–Kier alpha value is -3.16. The van der Waals surface area contributed by atoms with Crippen molar-refractivity contribution in [3.8, 4) is 5.75 Å². The van der Waals surface area contributed by atoms with Crippen LogP contribution in [0.2, 0.25) is 10.0 Å². The predicted octanol–water partition coefficient (Wildman–Crippen LogP) is 6.28. The minimum absolute atomic E-state index is 0.0465. The highest BCUT2D eigenvalue weighted by atomic mass is 35.5. The van der Waals surface area contributed by atoms with Gasteiger partial charge in [-0.05, 0) is 42.0 Å². The van der Waals surface area contributed by atoms with Crippen molar-refractivity contribution in [2.45, 2.75) is 18.7 Å². The maximum Gasteiger partial charge on any atom is 0.288 e. The summed E-state index contributed by atoms with van der Waals surface area (Å²) in [5, 5.41) is 18.5. The van der Waals surface area contributed by atoms with Crippen molar-refractivity contribution in [3.05, 3.63) is 103 Å². The lowest BCUT2D eigenvalue weighted by molar-refractivity contribution is -0.384. The number of nitro groups is 1. The summed E-state index contributed by atoms with van der Waals surface area (Å²) in [4.78, 5) is 10.8. The van der Waals surface area contributed by atoms with Crippen LogP contribution in [0.25, 0.3) is 0 Å². The van der Waals surface area contributed by atoms with E-state index in [1.54, 1.807) is 35.3 Å². The molecule has 3 aromatic carbocycles. The van der Waals surface area contributed by atoms with Gasteiger partial charge in [0, 0.05) is 28.6 Å². The summed E-state index contributed by atoms with van der Waals surface area (Å²) in [6.45, 7) is 0. The van der Waals surface area contributed by atoms with Crippen LogP contribution < -0.4 is 4.74 Å². The van der Waals surface area contributed by atoms with Crippen molar-refractivity contribution in [2.24, 2.45) is 5.10 Å². The Labute approximate surface area is 186 Å². The Bertz CT molecular complexity index is 1230. The smallest absolute Gasteiger partial charge is 0.288 e. The molecule has 0 aliphatic carbocycles. The molecule has 2 atom stereocenters. The van der Waals surface area contributed by atoms with Gasteiger partial charge in [0.1, 0.15) is 16.6 Å². The van der Waals surface area contributed by atoms with Crippen molar-refractivity contribution < 1.29 is 14.1 Å². The monoisotopic (exact) mass is 457 g/mol. The highest BCUT2D eigenvalue weighted by molar-refractivity contribution is 6.32. The number of halogens is 3. The van der Waals surface area contributed by atoms with E-state index in [9.17, 15) is 14.5 Å². The van der Waals surface area contributed by atoms with Gasteiger partial charge in [0.15, 0.2) is 0 Å². The van der Waals surface area contributed by atoms with Crippen LogP contribution in [-0.4, -0.2) is 15.6 Å². The summed E-state index contributed by atoms with van der Waals surface area (Å²) in [5.74, 6) is 0.302. The molecule has 2 aliphatic heterocycles. The van der Waals surface area contributed by atoms with E-state index in [0.29, 0.717) is 22.8 Å². The molecule has 0 bridgehead atoms. The molecule has 5 rings (SSSR count). The molecule has 0 unspecified atom stereocenters. The molecular weight excluding hydrogens is 444 g/mol. The molecule has 9 heteroatoms. The van der Waals surface area contributed by atoms with Crippen LogP contribution in [0.3, 0.4) is 0 Å². The SMILES string of the molecule is O=[N+]([O-])c1cc([C@H]2Oc3ccc(Cl)cc3[C@@H]3CC(c4ccc(F)cc4)=NN23)ccc1Cl. The second-order valence-corrected chi connectivity index (χ2v) is 8.12. The van der Waals surface area contributed by atoms with Crippen molar-refractivity contribution in [3.63, 3.8) is 0 Å². The van der Waals surface area contributed by atoms with Crippen LogP contribution in [0.15, 0.2) is 65.8 Å². The average molecular weight is 458 g/mol. The first-order valence-corrected chi connectivity index (χ1v) is 10.2. The van der Waals surface area contributed by atoms with E-state index in [0.717, 1.165) is 16.8 Å². The molecule has 2 aliphatic rings. The zero-order valence-corrected chi connectivity index (χ0v) is 17.3. The van der Waals surface area contributed by atoms with E-state index in [2.05, 4.69) is 0 Å². The van der Waals surface area contributed by atoms with Gasteiger partial charge in [-0.1, -0.05) is 41.4 Å². The van der Waals surface area contributed by atoms with E-state index in [-0.39, 0.29) is 22.6 Å². The third-order valence-electron chi connectivity index (χ3n) is 5.38. The zero-order valence-electron chi connectivity index (χ0n) is 15.8. The minimum atomic E-state index is -0.701. The number of fused-ring (bicyclic) bond motifs is 3. The normalized spacial score (nSPS) is 19.3. The van der Waals surface area contributed by atoms with E-state index < -0.39 is 11.2 Å². The van der Waals surface area contributed by atoms with Gasteiger partial charge in [0.25, 0.3) is 5.69 Å². The number of hydrogen-bond acceptors (Lipinski definition) is 5. The minimum Gasteiger partial charge on any atom is -0.464 e. The molecule has 6 nitrogen and oxygen atoms in total. The molecule has 31 heavy (non-hydrogen) atoms. The summed E-state index contributed by atoms with van der Waals surface area (Å²) < 4.78 is 19.6. The highest BCUT2D eigenvalue weighted by Crippen LogP contribution is 2.48. The van der Waals surface area contributed by atoms with Crippen LogP contribution >= 0.6 is 23.2 Å². The summed E-state index contributed by atoms with van der Waals surface area (Å²) in [7, 11) is 0. The number of hydrazone groups is 1. The van der Waals surface area contributed by atoms with Gasteiger partial charge in [-0.3, -0.25) is 10.1 Å². The van der Waals surface area contributed by atoms with Gasteiger partial charge in [-0.15, -0.1) is 0 Å². The molecule has 0 radical (unpaired) electrons. The second-order valence-electron chi connectivity index (χ2n) is 7.27. The Morgan fingerprint density at radius 3 is 2.61 bits per heavy atom. The summed E-state index contributed by atoms with van der Waals surface area (Å²) in [6.07, 6.45) is -0.151. The maximum absolute atomic E-state index is 13.4. The molecular formula is C22H14Cl2FN3O3. The fourth-order valence-corrected chi connectivity index (χ4v) is 4.29. The number of nitrogens with zero attached hydrogens (tertiary/aromatic N) is 3. The molecule has 0 saturated heterocycles. The molecule has 2 heterocycles. The largest absolute Gasteiger partial charge is 0.464 e. The van der Waals surface area contributed by atoms with Crippen LogP contribution in [0, 0.1) is 15.9 Å². The number of hydrogen-bond donors (Lipinski definition) is 0. The van der Waals surface area contributed by atoms with Crippen molar-refractivity contribution in [1.82, 2.24) is 5.01 Å². The third-order valence-corrected chi connectivity index (χ3v) is 5.94. The molecule has 0 N–H and O–H groups in total. The first-order chi connectivity index (χ1) is 14.9. The zero-order chi connectivity index (χ0) is 21.7. The molecule has 3 aromatic rings. The van der Waals surface area contributed by atoms with E-state index >= 15 is 0 Å². The van der Waals surface area contributed by atoms with Gasteiger partial charge in [0.05, 0.1) is 16.7 Å². The summed E-state index contributed by atoms with van der Waals surface area (Å²) in [5.41, 5.74) is 2.76. The number of rotatable bonds is 3. The van der Waals surface area contributed by atoms with Gasteiger partial charge >= 0.3 is 0 Å². The number of benzene rings is 3. The third kappa shape index (κ3) is 3.49. The van der Waals surface area contributed by atoms with Crippen LogP contribution in [0.4, 0.5) is 10.1 Å². The summed E-state index contributed by atoms with van der Waals surface area (Å²) in [6, 6.07) is 15.8. The van der Waals surface area contributed by atoms with Crippen LogP contribution in [-0.2, 0) is 0 Å². The first-order valence-electron chi connectivity index (χ1n) is 9.42. The van der Waals surface area contributed by atoms with Crippen molar-refractivity contribution >= 4 is 34.6 Å². The van der Waals surface area contributed by atoms with Gasteiger partial charge in [-0.25, -0.2) is 9.40 Å². The van der Waals surface area contributed by atoms with Gasteiger partial charge in [-0.2, -0.15) is 5.10 Å². The van der Waals surface area contributed by atoms with E-state index in [1.165, 1.54) is 24.3 Å². The fraction of sp³-hybridized carbons (Fsp3) is 0.136. The molecule has 0 fully saturated rings. The number of ether oxygens (including phenoxy) is 1. The standard InChI is InChI=1S/C22H14Cl2FN3O3/c23-14-4-8-21-16(10-14)19-11-18(12-1-5-15(25)6-2-12)26-27(19)22(31-21)13-3-7-17(24)20(9-13)28(29)30/h1-10,19,22H,11H2/t19-,22+/m0/s1. The van der Waals surface area contributed by atoms with Gasteiger partial charge < -0.3 is 4.74 Å². The molecule has 0 amide bonds. The Balaban J connectivity index is 1.61. The average Bonchev–Trinajstić information content (AvgIpc) is 3.20. The topological polar surface area (TPSA) is 68.0 Å². The van der Waals surface area contributed by atoms with Crippen LogP contribution in [0.5, 0.6) is 5.75 Å². The lowest BCUT2D eigenvalue weighted by Crippen LogP contribution is -2.33. The van der Waals surface area contributed by atoms with E-state index in [4.69, 9.17) is 33.0 Å². The Morgan fingerprint density at radius 2 is 1.87 bits per heavy atom. The Kier molecular flexibility index (Phi) is 4.79. The fourth-order valence-electron chi connectivity index (χ4n) is 3.92. The first kappa shape index (κ1) is 19.8. The van der Waals surface area contributed by atoms with E-state index in [1.807, 2.05) is 6.07 Å². The molecule has 156 valence electrons. The molecule has 0 aromatic heterocycles. The lowest BCUT2D eigenvalue weighted by atomic mass is 9.96. The lowest BCUT2D eigenvalue weighted by Gasteiger charge is -2.38. The molecule has 0 saturated carbocycles. The summed E-state index contributed by atoms with van der Waals surface area (Å²) >= 11 is 12.2. The molecule has 0 spiro atoms.